The molecule has 110 valence electrons. The summed E-state index contributed by atoms with van der Waals surface area (Å²) in [5.41, 5.74) is 2.12. The van der Waals surface area contributed by atoms with E-state index in [1.165, 1.54) is 0 Å². The van der Waals surface area contributed by atoms with Crippen LogP contribution >= 0.6 is 11.6 Å². The van der Waals surface area contributed by atoms with Crippen molar-refractivity contribution in [3.63, 3.8) is 0 Å². The molecule has 1 heterocycles. The lowest BCUT2D eigenvalue weighted by Gasteiger charge is -2.29. The molecule has 0 saturated carbocycles. The van der Waals surface area contributed by atoms with E-state index in [-0.39, 0.29) is 12.4 Å². The van der Waals surface area contributed by atoms with E-state index in [1.54, 1.807) is 0 Å². The Kier molecular flexibility index (Phi) is 4.88. The van der Waals surface area contributed by atoms with Gasteiger partial charge in [-0.25, -0.2) is 0 Å². The first-order valence-corrected chi connectivity index (χ1v) is 7.33. The van der Waals surface area contributed by atoms with E-state index >= 15 is 0 Å². The Morgan fingerprint density at radius 3 is 2.29 bits per heavy atom. The second kappa shape index (κ2) is 7.05. The van der Waals surface area contributed by atoms with Crippen LogP contribution in [0.5, 0.6) is 0 Å². The highest BCUT2D eigenvalue weighted by atomic mass is 35.5. The highest BCUT2D eigenvalue weighted by molar-refractivity contribution is 6.30. The zero-order valence-electron chi connectivity index (χ0n) is 11.6. The molecule has 3 rings (SSSR count). The van der Waals surface area contributed by atoms with Gasteiger partial charge in [0, 0.05) is 10.6 Å². The fourth-order valence-electron chi connectivity index (χ4n) is 2.18. The summed E-state index contributed by atoms with van der Waals surface area (Å²) >= 11 is 5.87. The van der Waals surface area contributed by atoms with Gasteiger partial charge in [0.15, 0.2) is 6.29 Å². The maximum atomic E-state index is 5.87. The van der Waals surface area contributed by atoms with E-state index in [1.807, 2.05) is 54.6 Å². The van der Waals surface area contributed by atoms with E-state index in [2.05, 4.69) is 0 Å². The monoisotopic (exact) mass is 304 g/mol. The van der Waals surface area contributed by atoms with Gasteiger partial charge in [0.05, 0.1) is 19.8 Å². The van der Waals surface area contributed by atoms with Crippen molar-refractivity contribution < 1.29 is 14.2 Å². The molecule has 21 heavy (non-hydrogen) atoms. The molecular formula is C17H17ClO3. The number of rotatable bonds is 4. The number of hydrogen-bond donors (Lipinski definition) is 0. The van der Waals surface area contributed by atoms with Gasteiger partial charge >= 0.3 is 0 Å². The fraction of sp³-hybridized carbons (Fsp3) is 0.294. The molecule has 4 heteroatoms. The van der Waals surface area contributed by atoms with Gasteiger partial charge in [0.1, 0.15) is 6.10 Å². The van der Waals surface area contributed by atoms with E-state index < -0.39 is 0 Å². The first-order chi connectivity index (χ1) is 10.3. The number of halogens is 1. The van der Waals surface area contributed by atoms with E-state index in [0.717, 1.165) is 11.1 Å². The Bertz CT molecular complexity index is 548. The van der Waals surface area contributed by atoms with Crippen molar-refractivity contribution in [1.29, 1.82) is 0 Å². The summed E-state index contributed by atoms with van der Waals surface area (Å²) in [7, 11) is 0. The highest BCUT2D eigenvalue weighted by Gasteiger charge is 2.23. The smallest absolute Gasteiger partial charge is 0.184 e. The molecule has 2 aromatic carbocycles. The van der Waals surface area contributed by atoms with Crippen LogP contribution in [0.1, 0.15) is 17.4 Å². The van der Waals surface area contributed by atoms with Gasteiger partial charge in [-0.05, 0) is 17.7 Å². The SMILES string of the molecule is Clc1ccc([C@H]2OC[C@@H](OCc3ccccc3)CO2)cc1. The molecule has 0 spiro atoms. The lowest BCUT2D eigenvalue weighted by Crippen LogP contribution is -2.33. The topological polar surface area (TPSA) is 27.7 Å². The van der Waals surface area contributed by atoms with Crippen molar-refractivity contribution in [2.45, 2.75) is 19.0 Å². The zero-order valence-corrected chi connectivity index (χ0v) is 12.3. The summed E-state index contributed by atoms with van der Waals surface area (Å²) in [4.78, 5) is 0. The number of hydrogen-bond acceptors (Lipinski definition) is 3. The van der Waals surface area contributed by atoms with Crippen LogP contribution in [0.15, 0.2) is 54.6 Å². The molecule has 1 fully saturated rings. The van der Waals surface area contributed by atoms with E-state index in [9.17, 15) is 0 Å². The molecule has 0 bridgehead atoms. The molecule has 0 aliphatic carbocycles. The molecule has 0 radical (unpaired) electrons. The van der Waals surface area contributed by atoms with Gasteiger partial charge in [-0.2, -0.15) is 0 Å². The largest absolute Gasteiger partial charge is 0.369 e. The normalized spacial score (nSPS) is 22.1. The number of benzene rings is 2. The maximum absolute atomic E-state index is 5.87. The van der Waals surface area contributed by atoms with Crippen LogP contribution in [0.4, 0.5) is 0 Å². The summed E-state index contributed by atoms with van der Waals surface area (Å²) in [5.74, 6) is 0. The third-order valence-electron chi connectivity index (χ3n) is 3.34. The minimum absolute atomic E-state index is 0.0336. The van der Waals surface area contributed by atoms with Crippen LogP contribution in [0.2, 0.25) is 5.02 Å². The van der Waals surface area contributed by atoms with E-state index in [4.69, 9.17) is 25.8 Å². The third-order valence-corrected chi connectivity index (χ3v) is 3.59. The summed E-state index contributed by atoms with van der Waals surface area (Å²) in [6, 6.07) is 17.6. The van der Waals surface area contributed by atoms with Gasteiger partial charge in [-0.1, -0.05) is 54.1 Å². The Hall–Kier alpha value is -1.39. The van der Waals surface area contributed by atoms with Crippen molar-refractivity contribution in [1.82, 2.24) is 0 Å². The second-order valence-electron chi connectivity index (χ2n) is 4.97. The Balaban J connectivity index is 1.48. The van der Waals surface area contributed by atoms with E-state index in [0.29, 0.717) is 24.8 Å². The van der Waals surface area contributed by atoms with Crippen LogP contribution in [-0.4, -0.2) is 19.3 Å². The average Bonchev–Trinajstić information content (AvgIpc) is 2.55. The van der Waals surface area contributed by atoms with Crippen molar-refractivity contribution in [3.05, 3.63) is 70.7 Å². The van der Waals surface area contributed by atoms with Gasteiger partial charge < -0.3 is 14.2 Å². The standard InChI is InChI=1S/C17H17ClO3/c18-15-8-6-14(7-9-15)17-20-11-16(12-21-17)19-10-13-4-2-1-3-5-13/h1-9,16-17H,10-12H2/t16-,17+. The maximum Gasteiger partial charge on any atom is 0.184 e. The number of ether oxygens (including phenoxy) is 3. The third kappa shape index (κ3) is 4.05. The molecule has 3 nitrogen and oxygen atoms in total. The zero-order chi connectivity index (χ0) is 14.5. The Labute approximate surface area is 129 Å². The van der Waals surface area contributed by atoms with Crippen LogP contribution < -0.4 is 0 Å². The van der Waals surface area contributed by atoms with Gasteiger partial charge in [0.2, 0.25) is 0 Å². The fourth-order valence-corrected chi connectivity index (χ4v) is 2.31. The average molecular weight is 305 g/mol. The highest BCUT2D eigenvalue weighted by Crippen LogP contribution is 2.25. The van der Waals surface area contributed by atoms with Crippen molar-refractivity contribution in [2.24, 2.45) is 0 Å². The summed E-state index contributed by atoms with van der Waals surface area (Å²) in [5, 5.41) is 0.707. The van der Waals surface area contributed by atoms with Crippen LogP contribution in [-0.2, 0) is 20.8 Å². The first-order valence-electron chi connectivity index (χ1n) is 6.95. The van der Waals surface area contributed by atoms with Crippen LogP contribution in [0.3, 0.4) is 0 Å². The minimum atomic E-state index is -0.334. The lowest BCUT2D eigenvalue weighted by atomic mass is 10.2. The molecule has 1 aliphatic heterocycles. The molecule has 0 amide bonds. The molecular weight excluding hydrogens is 288 g/mol. The Morgan fingerprint density at radius 2 is 1.62 bits per heavy atom. The molecule has 0 atom stereocenters. The quantitative estimate of drug-likeness (QED) is 0.855. The minimum Gasteiger partial charge on any atom is -0.369 e. The first kappa shape index (κ1) is 14.5. The molecule has 2 aromatic rings. The van der Waals surface area contributed by atoms with Crippen LogP contribution in [0, 0.1) is 0 Å². The summed E-state index contributed by atoms with van der Waals surface area (Å²) < 4.78 is 17.2. The Morgan fingerprint density at radius 1 is 0.952 bits per heavy atom. The summed E-state index contributed by atoms with van der Waals surface area (Å²) in [6.45, 7) is 1.63. The van der Waals surface area contributed by atoms with Gasteiger partial charge in [-0.15, -0.1) is 0 Å². The molecule has 0 N–H and O–H groups in total. The van der Waals surface area contributed by atoms with Crippen molar-refractivity contribution in [3.8, 4) is 0 Å². The molecule has 0 aromatic heterocycles. The van der Waals surface area contributed by atoms with Gasteiger partial charge in [0.25, 0.3) is 0 Å². The molecule has 1 aliphatic rings. The summed E-state index contributed by atoms with van der Waals surface area (Å²) in [6.07, 6.45) is -0.368. The predicted molar refractivity (Wildman–Crippen MR) is 81.1 cm³/mol. The second-order valence-corrected chi connectivity index (χ2v) is 5.41. The molecule has 1 saturated heterocycles. The van der Waals surface area contributed by atoms with Crippen LogP contribution in [0.25, 0.3) is 0 Å². The molecule has 0 unspecified atom stereocenters. The lowest BCUT2D eigenvalue weighted by molar-refractivity contribution is -0.232. The predicted octanol–water partition coefficient (Wildman–Crippen LogP) is 3.97. The van der Waals surface area contributed by atoms with Crippen molar-refractivity contribution in [2.75, 3.05) is 13.2 Å². The van der Waals surface area contributed by atoms with Crippen molar-refractivity contribution >= 4 is 11.6 Å². The van der Waals surface area contributed by atoms with Gasteiger partial charge in [-0.3, -0.25) is 0 Å².